The Balaban J connectivity index is 1.60. The van der Waals surface area contributed by atoms with Crippen LogP contribution in [0, 0.1) is 40.2 Å². The molecule has 34 heavy (non-hydrogen) atoms. The second kappa shape index (κ2) is 7.78. The molecule has 4 atom stereocenters. The van der Waals surface area contributed by atoms with Crippen molar-refractivity contribution in [3.05, 3.63) is 93.7 Å². The van der Waals surface area contributed by atoms with Gasteiger partial charge < -0.3 is 4.90 Å². The molecule has 2 aromatic carbocycles. The first-order valence-electron chi connectivity index (χ1n) is 10.6. The maximum atomic E-state index is 13.6. The van der Waals surface area contributed by atoms with Gasteiger partial charge in [0.2, 0.25) is 11.8 Å². The van der Waals surface area contributed by atoms with Crippen LogP contribution in [0.4, 0.5) is 11.4 Å². The molecule has 0 N–H and O–H groups in total. The van der Waals surface area contributed by atoms with Crippen molar-refractivity contribution in [3.63, 3.8) is 0 Å². The van der Waals surface area contributed by atoms with Gasteiger partial charge in [-0.25, -0.2) is 4.90 Å². The zero-order valence-corrected chi connectivity index (χ0v) is 18.0. The number of fused-ring (bicyclic) bond motifs is 3. The number of non-ortho nitro benzene ring substituents is 1. The molecule has 5 rings (SSSR count). The van der Waals surface area contributed by atoms with Gasteiger partial charge in [0.05, 0.1) is 40.1 Å². The van der Waals surface area contributed by atoms with Crippen molar-refractivity contribution in [2.75, 3.05) is 4.90 Å². The molecule has 2 aromatic rings. The fourth-order valence-corrected chi connectivity index (χ4v) is 5.01. The lowest BCUT2D eigenvalue weighted by atomic mass is 9.86. The molecule has 3 aliphatic rings. The molecule has 0 bridgehead atoms. The molecule has 2 saturated heterocycles. The molecule has 0 radical (unpaired) electrons. The summed E-state index contributed by atoms with van der Waals surface area (Å²) in [5, 5.41) is 20.6. The second-order valence-electron chi connectivity index (χ2n) is 8.50. The van der Waals surface area contributed by atoms with Gasteiger partial charge >= 0.3 is 0 Å². The number of carbonyl (C=O) groups is 3. The van der Waals surface area contributed by atoms with Crippen LogP contribution in [0.15, 0.2) is 72.5 Å². The lowest BCUT2D eigenvalue weighted by Gasteiger charge is -2.32. The lowest BCUT2D eigenvalue weighted by molar-refractivity contribution is -0.384. The van der Waals surface area contributed by atoms with Gasteiger partial charge in [-0.05, 0) is 31.2 Å². The summed E-state index contributed by atoms with van der Waals surface area (Å²) in [6, 6.07) is 12.6. The topological polar surface area (TPSA) is 125 Å². The van der Waals surface area contributed by atoms with Crippen LogP contribution in [0.5, 0.6) is 0 Å². The highest BCUT2D eigenvalue weighted by Gasteiger charge is 2.63. The minimum atomic E-state index is -1.04. The maximum Gasteiger partial charge on any atom is 0.270 e. The molecule has 0 saturated carbocycles. The predicted molar refractivity (Wildman–Crippen MR) is 120 cm³/mol. The Morgan fingerprint density at radius 3 is 2.47 bits per heavy atom. The van der Waals surface area contributed by atoms with Gasteiger partial charge in [0, 0.05) is 23.9 Å². The minimum Gasteiger partial charge on any atom is -0.359 e. The highest BCUT2D eigenvalue weighted by molar-refractivity contribution is 6.24. The number of nitriles is 1. The third-order valence-corrected chi connectivity index (χ3v) is 6.58. The molecule has 3 heterocycles. The van der Waals surface area contributed by atoms with Crippen molar-refractivity contribution in [1.82, 2.24) is 4.90 Å². The summed E-state index contributed by atoms with van der Waals surface area (Å²) >= 11 is 0. The highest BCUT2D eigenvalue weighted by Crippen LogP contribution is 2.47. The van der Waals surface area contributed by atoms with Crippen LogP contribution in [0.2, 0.25) is 0 Å². The summed E-state index contributed by atoms with van der Waals surface area (Å²) < 4.78 is 0. The van der Waals surface area contributed by atoms with E-state index < -0.39 is 46.4 Å². The van der Waals surface area contributed by atoms with E-state index in [1.807, 2.05) is 13.0 Å². The van der Waals surface area contributed by atoms with Crippen LogP contribution in [0.3, 0.4) is 0 Å². The van der Waals surface area contributed by atoms with E-state index in [-0.39, 0.29) is 11.3 Å². The van der Waals surface area contributed by atoms with Gasteiger partial charge in [0.15, 0.2) is 5.78 Å². The number of hydrogen-bond donors (Lipinski definition) is 0. The van der Waals surface area contributed by atoms with Crippen LogP contribution in [0.1, 0.15) is 15.9 Å². The summed E-state index contributed by atoms with van der Waals surface area (Å²) in [7, 11) is 0. The predicted octanol–water partition coefficient (Wildman–Crippen LogP) is 2.92. The van der Waals surface area contributed by atoms with E-state index in [0.29, 0.717) is 11.3 Å². The fraction of sp³-hybridized carbons (Fsp3) is 0.200. The Labute approximate surface area is 194 Å². The number of nitrogens with zero attached hydrogens (tertiary/aromatic N) is 4. The number of nitro groups is 1. The Hall–Kier alpha value is -4.58. The van der Waals surface area contributed by atoms with Crippen LogP contribution in [-0.4, -0.2) is 39.5 Å². The number of Topliss-reactive ketones (excluding diaryl/α,β-unsaturated/α-hetero) is 1. The van der Waals surface area contributed by atoms with Crippen molar-refractivity contribution in [2.45, 2.75) is 19.0 Å². The molecule has 0 spiro atoms. The molecular weight excluding hydrogens is 436 g/mol. The van der Waals surface area contributed by atoms with Gasteiger partial charge in [0.1, 0.15) is 6.04 Å². The summed E-state index contributed by atoms with van der Waals surface area (Å²) in [6.45, 7) is 1.89. The van der Waals surface area contributed by atoms with Gasteiger partial charge in [-0.3, -0.25) is 24.5 Å². The average Bonchev–Trinajstić information content (AvgIpc) is 3.31. The molecule has 9 heteroatoms. The number of nitro benzene ring substituents is 1. The summed E-state index contributed by atoms with van der Waals surface area (Å²) in [5.41, 5.74) is 1.55. The molecule has 2 amide bonds. The number of benzene rings is 2. The van der Waals surface area contributed by atoms with E-state index in [0.717, 1.165) is 10.5 Å². The first-order chi connectivity index (χ1) is 16.3. The standard InChI is InChI=1S/C25H18N4O5/c1-14-5-7-17(8-6-14)28-24(31)20-19-11-15(13-26)9-10-27(19)22(21(20)25(28)32)23(30)16-3-2-4-18(12-16)29(33)34/h2-12,19-22H,1H3/t19-,20+,21-,22-/m1/s1. The number of carbonyl (C=O) groups excluding carboxylic acids is 3. The van der Waals surface area contributed by atoms with Gasteiger partial charge in [-0.15, -0.1) is 0 Å². The molecule has 0 unspecified atom stereocenters. The van der Waals surface area contributed by atoms with E-state index in [1.165, 1.54) is 30.3 Å². The fourth-order valence-electron chi connectivity index (χ4n) is 5.01. The number of allylic oxidation sites excluding steroid dienone is 2. The third-order valence-electron chi connectivity index (χ3n) is 6.58. The molecular formula is C25H18N4O5. The smallest absolute Gasteiger partial charge is 0.270 e. The molecule has 0 aromatic heterocycles. The average molecular weight is 454 g/mol. The highest BCUT2D eigenvalue weighted by atomic mass is 16.6. The van der Waals surface area contributed by atoms with E-state index in [2.05, 4.69) is 0 Å². The Morgan fingerprint density at radius 1 is 1.09 bits per heavy atom. The van der Waals surface area contributed by atoms with Crippen molar-refractivity contribution in [2.24, 2.45) is 11.8 Å². The van der Waals surface area contributed by atoms with Crippen molar-refractivity contribution in [3.8, 4) is 6.07 Å². The number of imide groups is 1. The van der Waals surface area contributed by atoms with Crippen molar-refractivity contribution >= 4 is 29.0 Å². The van der Waals surface area contributed by atoms with Crippen molar-refractivity contribution in [1.29, 1.82) is 5.26 Å². The number of hydrogen-bond acceptors (Lipinski definition) is 7. The summed E-state index contributed by atoms with van der Waals surface area (Å²) in [6.07, 6.45) is 4.68. The summed E-state index contributed by atoms with van der Waals surface area (Å²) in [4.78, 5) is 54.1. The summed E-state index contributed by atoms with van der Waals surface area (Å²) in [5.74, 6) is -3.30. The zero-order chi connectivity index (χ0) is 24.1. The zero-order valence-electron chi connectivity index (χ0n) is 18.0. The minimum absolute atomic E-state index is 0.0797. The molecule has 3 aliphatic heterocycles. The van der Waals surface area contributed by atoms with Crippen LogP contribution >= 0.6 is 0 Å². The Kier molecular flexibility index (Phi) is 4.87. The molecule has 168 valence electrons. The van der Waals surface area contributed by atoms with Crippen LogP contribution in [-0.2, 0) is 9.59 Å². The molecule has 2 fully saturated rings. The van der Waals surface area contributed by atoms with Crippen LogP contribution in [0.25, 0.3) is 0 Å². The second-order valence-corrected chi connectivity index (χ2v) is 8.50. The molecule has 0 aliphatic carbocycles. The van der Waals surface area contributed by atoms with Gasteiger partial charge in [0.25, 0.3) is 5.69 Å². The molecule has 9 nitrogen and oxygen atoms in total. The number of amides is 2. The maximum absolute atomic E-state index is 13.6. The van der Waals surface area contributed by atoms with E-state index in [1.54, 1.807) is 41.4 Å². The lowest BCUT2D eigenvalue weighted by Crippen LogP contribution is -2.46. The van der Waals surface area contributed by atoms with E-state index >= 15 is 0 Å². The van der Waals surface area contributed by atoms with Crippen molar-refractivity contribution < 1.29 is 19.3 Å². The number of aryl methyl sites for hydroxylation is 1. The quantitative estimate of drug-likeness (QED) is 0.301. The van der Waals surface area contributed by atoms with Gasteiger partial charge in [-0.2, -0.15) is 5.26 Å². The Morgan fingerprint density at radius 2 is 1.79 bits per heavy atom. The van der Waals surface area contributed by atoms with Crippen LogP contribution < -0.4 is 4.90 Å². The van der Waals surface area contributed by atoms with Gasteiger partial charge in [-0.1, -0.05) is 29.8 Å². The largest absolute Gasteiger partial charge is 0.359 e. The Bertz CT molecular complexity index is 1350. The monoisotopic (exact) mass is 454 g/mol. The van der Waals surface area contributed by atoms with E-state index in [4.69, 9.17) is 0 Å². The number of anilines is 1. The number of rotatable bonds is 4. The third kappa shape index (κ3) is 3.11. The SMILES string of the molecule is Cc1ccc(N2C(=O)[C@@H]3[C@@H](C2=O)[C@H](C(=O)c2cccc([N+](=O)[O-])c2)N2C=CC(C#N)=C[C@H]32)cc1. The number of ketones is 1. The normalized spacial score (nSPS) is 25.0. The first-order valence-corrected chi connectivity index (χ1v) is 10.6. The van der Waals surface area contributed by atoms with E-state index in [9.17, 15) is 29.8 Å². The first kappa shape index (κ1) is 21.3.